The highest BCUT2D eigenvalue weighted by atomic mass is 16.5. The van der Waals surface area contributed by atoms with E-state index in [0.717, 1.165) is 11.1 Å². The standard InChI is InChI=1S/C31H27NO7/c1-2-37-31(36)25-18-27(38-19-21-11-5-3-6-12-21)24(17-28(25)39-20-22-13-7-4-8-14-22)29(33)32-26-16-10-9-15-23(26)30(34)35/h3-18H,2,19-20H2,1H3,(H,32,33)(H,34,35). The molecule has 0 radical (unpaired) electrons. The van der Waals surface area contributed by atoms with E-state index in [2.05, 4.69) is 5.32 Å². The van der Waals surface area contributed by atoms with E-state index in [0.29, 0.717) is 0 Å². The summed E-state index contributed by atoms with van der Waals surface area (Å²) in [6, 6.07) is 27.6. The van der Waals surface area contributed by atoms with Gasteiger partial charge in [-0.3, -0.25) is 4.79 Å². The fourth-order valence-electron chi connectivity index (χ4n) is 3.78. The molecule has 2 N–H and O–H groups in total. The van der Waals surface area contributed by atoms with Crippen molar-refractivity contribution in [1.82, 2.24) is 0 Å². The van der Waals surface area contributed by atoms with Crippen molar-refractivity contribution in [3.8, 4) is 11.5 Å². The first-order chi connectivity index (χ1) is 19.0. The Labute approximate surface area is 225 Å². The highest BCUT2D eigenvalue weighted by Crippen LogP contribution is 2.32. The van der Waals surface area contributed by atoms with E-state index in [4.69, 9.17) is 14.2 Å². The molecule has 1 amide bonds. The van der Waals surface area contributed by atoms with Crippen molar-refractivity contribution in [2.24, 2.45) is 0 Å². The Morgan fingerprint density at radius 1 is 0.692 bits per heavy atom. The number of aromatic carboxylic acids is 1. The quantitative estimate of drug-likeness (QED) is 0.232. The minimum Gasteiger partial charge on any atom is -0.488 e. The second-order valence-electron chi connectivity index (χ2n) is 8.42. The molecule has 0 unspecified atom stereocenters. The topological polar surface area (TPSA) is 111 Å². The van der Waals surface area contributed by atoms with E-state index in [1.54, 1.807) is 19.1 Å². The molecule has 4 aromatic carbocycles. The maximum atomic E-state index is 13.5. The van der Waals surface area contributed by atoms with Crippen LogP contribution in [-0.2, 0) is 18.0 Å². The number of benzene rings is 4. The average Bonchev–Trinajstić information content (AvgIpc) is 2.96. The lowest BCUT2D eigenvalue weighted by Gasteiger charge is -2.17. The SMILES string of the molecule is CCOC(=O)c1cc(OCc2ccccc2)c(C(=O)Nc2ccccc2C(=O)O)cc1OCc1ccccc1. The molecule has 0 heterocycles. The molecule has 0 fully saturated rings. The second kappa shape index (κ2) is 12.9. The number of rotatable bonds is 11. The first-order valence-corrected chi connectivity index (χ1v) is 12.3. The Bertz CT molecular complexity index is 1450. The van der Waals surface area contributed by atoms with E-state index >= 15 is 0 Å². The number of hydrogen-bond acceptors (Lipinski definition) is 6. The number of carboxylic acids is 1. The van der Waals surface area contributed by atoms with Crippen LogP contribution < -0.4 is 14.8 Å². The van der Waals surface area contributed by atoms with Crippen LogP contribution in [0.2, 0.25) is 0 Å². The predicted octanol–water partition coefficient (Wildman–Crippen LogP) is 5.97. The Morgan fingerprint density at radius 3 is 1.77 bits per heavy atom. The summed E-state index contributed by atoms with van der Waals surface area (Å²) >= 11 is 0. The molecule has 0 aromatic heterocycles. The molecular formula is C31H27NO7. The van der Waals surface area contributed by atoms with E-state index in [1.807, 2.05) is 60.7 Å². The molecule has 0 aliphatic carbocycles. The highest BCUT2D eigenvalue weighted by Gasteiger charge is 2.24. The van der Waals surface area contributed by atoms with Gasteiger partial charge in [0.1, 0.15) is 30.3 Å². The molecule has 0 saturated carbocycles. The third-order valence-electron chi connectivity index (χ3n) is 5.70. The van der Waals surface area contributed by atoms with Crippen LogP contribution in [0.4, 0.5) is 5.69 Å². The van der Waals surface area contributed by atoms with Crippen LogP contribution in [0.1, 0.15) is 49.1 Å². The number of hydrogen-bond donors (Lipinski definition) is 2. The van der Waals surface area contributed by atoms with Gasteiger partial charge in [-0.15, -0.1) is 0 Å². The van der Waals surface area contributed by atoms with Crippen LogP contribution in [0.15, 0.2) is 97.1 Å². The fourth-order valence-corrected chi connectivity index (χ4v) is 3.78. The smallest absolute Gasteiger partial charge is 0.342 e. The van der Waals surface area contributed by atoms with E-state index < -0.39 is 17.8 Å². The van der Waals surface area contributed by atoms with Crippen LogP contribution in [0.5, 0.6) is 11.5 Å². The number of carboxylic acid groups (broad SMARTS) is 1. The Kier molecular flexibility index (Phi) is 8.92. The Morgan fingerprint density at radius 2 is 1.21 bits per heavy atom. The van der Waals surface area contributed by atoms with E-state index in [1.165, 1.54) is 24.3 Å². The van der Waals surface area contributed by atoms with Crippen LogP contribution >= 0.6 is 0 Å². The number of para-hydroxylation sites is 1. The van der Waals surface area contributed by atoms with Gasteiger partial charge in [-0.25, -0.2) is 9.59 Å². The number of amides is 1. The summed E-state index contributed by atoms with van der Waals surface area (Å²) in [6.45, 7) is 2.10. The van der Waals surface area contributed by atoms with Crippen LogP contribution in [0, 0.1) is 0 Å². The van der Waals surface area contributed by atoms with Gasteiger partial charge in [-0.2, -0.15) is 0 Å². The van der Waals surface area contributed by atoms with Gasteiger partial charge in [0.25, 0.3) is 5.91 Å². The average molecular weight is 526 g/mol. The normalized spacial score (nSPS) is 10.4. The van der Waals surface area contributed by atoms with Crippen LogP contribution in [-0.4, -0.2) is 29.6 Å². The molecule has 4 rings (SSSR count). The van der Waals surface area contributed by atoms with Crippen molar-refractivity contribution in [3.05, 3.63) is 125 Å². The third-order valence-corrected chi connectivity index (χ3v) is 5.70. The summed E-state index contributed by atoms with van der Waals surface area (Å²) in [5.41, 5.74) is 1.91. The van der Waals surface area contributed by atoms with Crippen molar-refractivity contribution in [3.63, 3.8) is 0 Å². The number of ether oxygens (including phenoxy) is 3. The van der Waals surface area contributed by atoms with Gasteiger partial charge in [0, 0.05) is 0 Å². The molecule has 39 heavy (non-hydrogen) atoms. The summed E-state index contributed by atoms with van der Waals surface area (Å²) < 4.78 is 17.2. The molecule has 8 nitrogen and oxygen atoms in total. The first kappa shape index (κ1) is 26.9. The number of carbonyl (C=O) groups excluding carboxylic acids is 2. The Hall–Kier alpha value is -5.11. The summed E-state index contributed by atoms with van der Waals surface area (Å²) in [5, 5.41) is 12.2. The molecular weight excluding hydrogens is 498 g/mol. The van der Waals surface area contributed by atoms with Crippen LogP contribution in [0.3, 0.4) is 0 Å². The highest BCUT2D eigenvalue weighted by molar-refractivity contribution is 6.10. The van der Waals surface area contributed by atoms with Crippen molar-refractivity contribution < 1.29 is 33.7 Å². The first-order valence-electron chi connectivity index (χ1n) is 12.3. The van der Waals surface area contributed by atoms with Crippen molar-refractivity contribution in [1.29, 1.82) is 0 Å². The summed E-state index contributed by atoms with van der Waals surface area (Å²) in [5.74, 6) is -2.21. The summed E-state index contributed by atoms with van der Waals surface area (Å²) in [4.78, 5) is 38.0. The van der Waals surface area contributed by atoms with Gasteiger partial charge in [0.05, 0.1) is 23.4 Å². The van der Waals surface area contributed by atoms with Gasteiger partial charge in [-0.1, -0.05) is 72.8 Å². The van der Waals surface area contributed by atoms with Crippen molar-refractivity contribution in [2.75, 3.05) is 11.9 Å². The molecule has 0 spiro atoms. The fraction of sp³-hybridized carbons (Fsp3) is 0.129. The molecule has 198 valence electrons. The zero-order chi connectivity index (χ0) is 27.6. The predicted molar refractivity (Wildman–Crippen MR) is 145 cm³/mol. The number of esters is 1. The number of nitrogens with one attached hydrogen (secondary N) is 1. The zero-order valence-corrected chi connectivity index (χ0v) is 21.3. The van der Waals surface area contributed by atoms with E-state index in [-0.39, 0.29) is 53.7 Å². The molecule has 0 atom stereocenters. The van der Waals surface area contributed by atoms with Gasteiger partial charge < -0.3 is 24.6 Å². The minimum atomic E-state index is -1.18. The number of anilines is 1. The monoisotopic (exact) mass is 525 g/mol. The lowest BCUT2D eigenvalue weighted by atomic mass is 10.1. The number of carbonyl (C=O) groups is 3. The van der Waals surface area contributed by atoms with Gasteiger partial charge >= 0.3 is 11.9 Å². The maximum Gasteiger partial charge on any atom is 0.342 e. The van der Waals surface area contributed by atoms with Gasteiger partial charge in [-0.05, 0) is 42.3 Å². The maximum absolute atomic E-state index is 13.5. The third kappa shape index (κ3) is 7.01. The Balaban J connectivity index is 1.74. The van der Waals surface area contributed by atoms with Crippen LogP contribution in [0.25, 0.3) is 0 Å². The zero-order valence-electron chi connectivity index (χ0n) is 21.3. The van der Waals surface area contributed by atoms with Crippen molar-refractivity contribution >= 4 is 23.5 Å². The molecule has 0 aliphatic heterocycles. The summed E-state index contributed by atoms with van der Waals surface area (Å²) in [6.07, 6.45) is 0. The van der Waals surface area contributed by atoms with Gasteiger partial charge in [0.2, 0.25) is 0 Å². The van der Waals surface area contributed by atoms with E-state index in [9.17, 15) is 19.5 Å². The lowest BCUT2D eigenvalue weighted by molar-refractivity contribution is 0.0519. The molecule has 0 bridgehead atoms. The second-order valence-corrected chi connectivity index (χ2v) is 8.42. The summed E-state index contributed by atoms with van der Waals surface area (Å²) in [7, 11) is 0. The lowest BCUT2D eigenvalue weighted by Crippen LogP contribution is -2.17. The minimum absolute atomic E-state index is 0.0576. The molecule has 0 aliphatic rings. The largest absolute Gasteiger partial charge is 0.488 e. The molecule has 8 heteroatoms. The molecule has 4 aromatic rings. The van der Waals surface area contributed by atoms with Crippen molar-refractivity contribution in [2.45, 2.75) is 20.1 Å². The molecule has 0 saturated heterocycles. The van der Waals surface area contributed by atoms with Gasteiger partial charge in [0.15, 0.2) is 0 Å².